The van der Waals surface area contributed by atoms with E-state index in [2.05, 4.69) is 4.98 Å². The van der Waals surface area contributed by atoms with Crippen LogP contribution >= 0.6 is 0 Å². The molecule has 3 heterocycles. The number of hydrogen-bond donors (Lipinski definition) is 0. The number of likely N-dealkylation sites (tertiary alicyclic amines) is 1. The van der Waals surface area contributed by atoms with E-state index < -0.39 is 0 Å². The fourth-order valence-electron chi connectivity index (χ4n) is 3.68. The van der Waals surface area contributed by atoms with E-state index in [-0.39, 0.29) is 11.5 Å². The molecule has 2 aliphatic rings. The van der Waals surface area contributed by atoms with Crippen molar-refractivity contribution < 1.29 is 14.3 Å². The van der Waals surface area contributed by atoms with Gasteiger partial charge in [-0.25, -0.2) is 4.98 Å². The monoisotopic (exact) mass is 304 g/mol. The summed E-state index contributed by atoms with van der Waals surface area (Å²) in [6.07, 6.45) is 5.71. The summed E-state index contributed by atoms with van der Waals surface area (Å²) in [5.74, 6) is 1.37. The lowest BCUT2D eigenvalue weighted by Gasteiger charge is -2.42. The number of nitrogens with zero attached hydrogens (tertiary/aromatic N) is 2. The van der Waals surface area contributed by atoms with E-state index in [0.717, 1.165) is 45.4 Å². The van der Waals surface area contributed by atoms with Gasteiger partial charge in [0.05, 0.1) is 12.2 Å². The van der Waals surface area contributed by atoms with Gasteiger partial charge in [-0.15, -0.1) is 0 Å². The Kier molecular flexibility index (Phi) is 4.62. The molecule has 22 heavy (non-hydrogen) atoms. The molecule has 0 radical (unpaired) electrons. The molecule has 2 saturated heterocycles. The molecular formula is C17H24N2O3. The van der Waals surface area contributed by atoms with Crippen molar-refractivity contribution in [1.29, 1.82) is 0 Å². The van der Waals surface area contributed by atoms with Crippen LogP contribution in [-0.2, 0) is 9.53 Å². The summed E-state index contributed by atoms with van der Waals surface area (Å²) < 4.78 is 11.8. The fraction of sp³-hybridized carbons (Fsp3) is 0.647. The van der Waals surface area contributed by atoms with E-state index in [0.29, 0.717) is 18.4 Å². The Hall–Kier alpha value is -1.62. The number of rotatable bonds is 4. The molecule has 0 unspecified atom stereocenters. The van der Waals surface area contributed by atoms with E-state index >= 15 is 0 Å². The number of piperidine rings is 1. The summed E-state index contributed by atoms with van der Waals surface area (Å²) in [7, 11) is 0. The van der Waals surface area contributed by atoms with Crippen molar-refractivity contribution >= 4 is 5.91 Å². The number of carbonyl (C=O) groups excluding carboxylic acids is 1. The van der Waals surface area contributed by atoms with Gasteiger partial charge in [0.1, 0.15) is 0 Å². The highest BCUT2D eigenvalue weighted by Crippen LogP contribution is 2.42. The molecule has 0 N–H and O–H groups in total. The van der Waals surface area contributed by atoms with Crippen LogP contribution in [0.3, 0.4) is 0 Å². The maximum absolute atomic E-state index is 11.5. The lowest BCUT2D eigenvalue weighted by Crippen LogP contribution is -2.49. The fourth-order valence-corrected chi connectivity index (χ4v) is 3.68. The van der Waals surface area contributed by atoms with Gasteiger partial charge in [0.15, 0.2) is 0 Å². The molecule has 1 spiro atoms. The van der Waals surface area contributed by atoms with Crippen LogP contribution in [0.4, 0.5) is 0 Å². The highest BCUT2D eigenvalue weighted by molar-refractivity contribution is 5.73. The first-order valence-corrected chi connectivity index (χ1v) is 8.13. The smallest absolute Gasteiger partial charge is 0.219 e. The van der Waals surface area contributed by atoms with Gasteiger partial charge in [-0.1, -0.05) is 6.07 Å². The second-order valence-corrected chi connectivity index (χ2v) is 6.21. The van der Waals surface area contributed by atoms with Crippen LogP contribution in [0.15, 0.2) is 24.4 Å². The Labute approximate surface area is 131 Å². The predicted octanol–water partition coefficient (Wildman–Crippen LogP) is 2.27. The minimum absolute atomic E-state index is 0.0422. The first kappa shape index (κ1) is 15.3. The molecule has 0 aliphatic carbocycles. The number of ether oxygens (including phenoxy) is 2. The van der Waals surface area contributed by atoms with E-state index in [4.69, 9.17) is 9.47 Å². The largest absolute Gasteiger partial charge is 0.478 e. The van der Waals surface area contributed by atoms with Crippen molar-refractivity contribution in [2.45, 2.75) is 38.2 Å². The van der Waals surface area contributed by atoms with Crippen molar-refractivity contribution in [3.8, 4) is 5.88 Å². The van der Waals surface area contributed by atoms with Crippen LogP contribution in [0.5, 0.6) is 5.88 Å². The van der Waals surface area contributed by atoms with E-state index in [1.165, 1.54) is 0 Å². The Balaban J connectivity index is 1.52. The molecule has 3 rings (SSSR count). The first-order valence-electron chi connectivity index (χ1n) is 8.13. The summed E-state index contributed by atoms with van der Waals surface area (Å²) >= 11 is 0. The molecule has 0 aromatic carbocycles. The van der Waals surface area contributed by atoms with Crippen molar-refractivity contribution in [1.82, 2.24) is 9.88 Å². The maximum atomic E-state index is 11.5. The summed E-state index contributed by atoms with van der Waals surface area (Å²) in [4.78, 5) is 17.6. The van der Waals surface area contributed by atoms with Gasteiger partial charge >= 0.3 is 0 Å². The van der Waals surface area contributed by atoms with Crippen molar-refractivity contribution in [2.75, 3.05) is 26.3 Å². The number of amides is 1. The highest BCUT2D eigenvalue weighted by Gasteiger charge is 2.46. The van der Waals surface area contributed by atoms with Crippen molar-refractivity contribution in [3.05, 3.63) is 24.4 Å². The number of hydrogen-bond acceptors (Lipinski definition) is 4. The average molecular weight is 304 g/mol. The molecule has 5 heteroatoms. The maximum Gasteiger partial charge on any atom is 0.219 e. The first-order chi connectivity index (χ1) is 10.7. The molecule has 120 valence electrons. The summed E-state index contributed by atoms with van der Waals surface area (Å²) in [5, 5.41) is 0. The third-order valence-corrected chi connectivity index (χ3v) is 5.01. The zero-order valence-electron chi connectivity index (χ0n) is 13.2. The molecule has 5 nitrogen and oxygen atoms in total. The molecular weight excluding hydrogens is 280 g/mol. The van der Waals surface area contributed by atoms with Crippen molar-refractivity contribution in [3.63, 3.8) is 0 Å². The quantitative estimate of drug-likeness (QED) is 0.856. The second kappa shape index (κ2) is 6.65. The SMILES string of the molecule is CC(=O)N1CCC2(CC1)OCC[C@@H]2CCOc1ccccn1. The van der Waals surface area contributed by atoms with Crippen molar-refractivity contribution in [2.24, 2.45) is 5.92 Å². The topological polar surface area (TPSA) is 51.7 Å². The number of pyridine rings is 1. The molecule has 0 saturated carbocycles. The predicted molar refractivity (Wildman–Crippen MR) is 82.6 cm³/mol. The highest BCUT2D eigenvalue weighted by atomic mass is 16.5. The van der Waals surface area contributed by atoms with Crippen LogP contribution in [0.1, 0.15) is 32.6 Å². The van der Waals surface area contributed by atoms with E-state index in [9.17, 15) is 4.79 Å². The minimum Gasteiger partial charge on any atom is -0.478 e. The zero-order chi connectivity index (χ0) is 15.4. The minimum atomic E-state index is -0.0422. The van der Waals surface area contributed by atoms with Gasteiger partial charge in [-0.05, 0) is 37.7 Å². The summed E-state index contributed by atoms with van der Waals surface area (Å²) in [6, 6.07) is 5.70. The van der Waals surface area contributed by atoms with E-state index in [1.807, 2.05) is 23.1 Å². The van der Waals surface area contributed by atoms with Gasteiger partial charge in [0, 0.05) is 38.9 Å². The standard InChI is InChI=1S/C17H24N2O3/c1-14(20)19-10-7-17(8-11-19)15(6-13-22-17)5-12-21-16-4-2-3-9-18-16/h2-4,9,15H,5-8,10-13H2,1H3/t15-/m0/s1. The van der Waals surface area contributed by atoms with Gasteiger partial charge < -0.3 is 14.4 Å². The van der Waals surface area contributed by atoms with Crippen LogP contribution in [0, 0.1) is 5.92 Å². The van der Waals surface area contributed by atoms with Crippen LogP contribution in [0.2, 0.25) is 0 Å². The summed E-state index contributed by atoms with van der Waals surface area (Å²) in [5.41, 5.74) is -0.0422. The van der Waals surface area contributed by atoms with E-state index in [1.54, 1.807) is 13.1 Å². The molecule has 2 fully saturated rings. The van der Waals surface area contributed by atoms with Gasteiger partial charge in [-0.3, -0.25) is 4.79 Å². The normalized spacial score (nSPS) is 23.7. The lowest BCUT2D eigenvalue weighted by atomic mass is 9.78. The van der Waals surface area contributed by atoms with Crippen LogP contribution < -0.4 is 4.74 Å². The molecule has 1 atom stereocenters. The molecule has 1 aromatic rings. The van der Waals surface area contributed by atoms with Crippen LogP contribution in [0.25, 0.3) is 0 Å². The Morgan fingerprint density at radius 2 is 2.27 bits per heavy atom. The third-order valence-electron chi connectivity index (χ3n) is 5.01. The van der Waals surface area contributed by atoms with Crippen LogP contribution in [-0.4, -0.2) is 47.7 Å². The zero-order valence-corrected chi connectivity index (χ0v) is 13.2. The Bertz CT molecular complexity index is 498. The Morgan fingerprint density at radius 3 is 2.95 bits per heavy atom. The van der Waals surface area contributed by atoms with Gasteiger partial charge in [0.2, 0.25) is 11.8 Å². The summed E-state index contributed by atoms with van der Waals surface area (Å²) in [6.45, 7) is 4.77. The van der Waals surface area contributed by atoms with Gasteiger partial charge in [0.25, 0.3) is 0 Å². The van der Waals surface area contributed by atoms with Gasteiger partial charge in [-0.2, -0.15) is 0 Å². The number of carbonyl (C=O) groups is 1. The lowest BCUT2D eigenvalue weighted by molar-refractivity contribution is -0.135. The second-order valence-electron chi connectivity index (χ2n) is 6.21. The Morgan fingerprint density at radius 1 is 1.45 bits per heavy atom. The number of aromatic nitrogens is 1. The molecule has 1 aromatic heterocycles. The average Bonchev–Trinajstić information content (AvgIpc) is 2.91. The third kappa shape index (κ3) is 3.24. The molecule has 1 amide bonds. The molecule has 2 aliphatic heterocycles. The molecule has 0 bridgehead atoms.